The quantitative estimate of drug-likeness (QED) is 0.850. The molecule has 3 rings (SSSR count). The Balaban J connectivity index is 1.78. The van der Waals surface area contributed by atoms with E-state index in [1.54, 1.807) is 0 Å². The average Bonchev–Trinajstić information content (AvgIpc) is 2.83. The Hall–Kier alpha value is -1.18. The normalized spacial score (nSPS) is 30.7. The van der Waals surface area contributed by atoms with Crippen molar-refractivity contribution in [2.45, 2.75) is 51.6 Å². The third-order valence-electron chi connectivity index (χ3n) is 4.51. The van der Waals surface area contributed by atoms with E-state index in [4.69, 9.17) is 4.74 Å². The Bertz CT molecular complexity index is 433. The molecule has 0 atom stereocenters. The molecule has 98 valence electrons. The van der Waals surface area contributed by atoms with Crippen LogP contribution in [0.15, 0.2) is 18.2 Å². The van der Waals surface area contributed by atoms with E-state index in [0.29, 0.717) is 0 Å². The van der Waals surface area contributed by atoms with E-state index in [2.05, 4.69) is 37.4 Å². The van der Waals surface area contributed by atoms with Crippen molar-refractivity contribution in [1.82, 2.24) is 0 Å². The second kappa shape index (κ2) is 4.49. The van der Waals surface area contributed by atoms with Crippen LogP contribution in [0.3, 0.4) is 0 Å². The highest BCUT2D eigenvalue weighted by atomic mass is 16.5. The van der Waals surface area contributed by atoms with Gasteiger partial charge in [-0.25, -0.2) is 0 Å². The van der Waals surface area contributed by atoms with Crippen LogP contribution < -0.4 is 10.1 Å². The zero-order valence-electron chi connectivity index (χ0n) is 11.5. The maximum atomic E-state index is 6.39. The van der Waals surface area contributed by atoms with Crippen LogP contribution in [0.25, 0.3) is 0 Å². The fourth-order valence-electron chi connectivity index (χ4n) is 3.15. The Kier molecular flexibility index (Phi) is 2.96. The fraction of sp³-hybridized carbons (Fsp3) is 0.625. The van der Waals surface area contributed by atoms with E-state index in [0.717, 1.165) is 24.6 Å². The minimum Gasteiger partial charge on any atom is -0.487 e. The van der Waals surface area contributed by atoms with Gasteiger partial charge in [0.1, 0.15) is 11.4 Å². The second-order valence-corrected chi connectivity index (χ2v) is 6.19. The van der Waals surface area contributed by atoms with Crippen molar-refractivity contribution in [2.24, 2.45) is 5.92 Å². The number of fused-ring (bicyclic) bond motifs is 1. The predicted molar refractivity (Wildman–Crippen MR) is 75.3 cm³/mol. The van der Waals surface area contributed by atoms with Crippen LogP contribution in [-0.4, -0.2) is 12.1 Å². The Morgan fingerprint density at radius 1 is 1.28 bits per heavy atom. The van der Waals surface area contributed by atoms with Gasteiger partial charge in [-0.2, -0.15) is 0 Å². The molecule has 1 aliphatic carbocycles. The number of rotatable bonds is 2. The number of benzene rings is 1. The zero-order chi connectivity index (χ0) is 12.6. The SMILES string of the molecule is CC1CCC(C)(Oc2cccc3c2CCN3)CC1. The molecule has 0 bridgehead atoms. The molecule has 1 aromatic carbocycles. The topological polar surface area (TPSA) is 21.3 Å². The molecule has 1 N–H and O–H groups in total. The summed E-state index contributed by atoms with van der Waals surface area (Å²) < 4.78 is 6.39. The maximum Gasteiger partial charge on any atom is 0.125 e. The molecule has 1 aliphatic heterocycles. The Labute approximate surface area is 110 Å². The molecular weight excluding hydrogens is 222 g/mol. The lowest BCUT2D eigenvalue weighted by Crippen LogP contribution is -2.36. The second-order valence-electron chi connectivity index (χ2n) is 6.19. The van der Waals surface area contributed by atoms with E-state index >= 15 is 0 Å². The van der Waals surface area contributed by atoms with Gasteiger partial charge < -0.3 is 10.1 Å². The summed E-state index contributed by atoms with van der Waals surface area (Å²) in [6.45, 7) is 5.67. The van der Waals surface area contributed by atoms with Crippen molar-refractivity contribution < 1.29 is 4.74 Å². The lowest BCUT2D eigenvalue weighted by Gasteiger charge is -2.37. The van der Waals surface area contributed by atoms with E-state index < -0.39 is 0 Å². The predicted octanol–water partition coefficient (Wildman–Crippen LogP) is 4.00. The molecule has 0 unspecified atom stereocenters. The average molecular weight is 245 g/mol. The van der Waals surface area contributed by atoms with Crippen molar-refractivity contribution >= 4 is 5.69 Å². The number of hydrogen-bond donors (Lipinski definition) is 1. The molecule has 18 heavy (non-hydrogen) atoms. The largest absolute Gasteiger partial charge is 0.487 e. The van der Waals surface area contributed by atoms with Gasteiger partial charge in [0.25, 0.3) is 0 Å². The molecular formula is C16H23NO. The summed E-state index contributed by atoms with van der Waals surface area (Å²) in [5.74, 6) is 1.97. The van der Waals surface area contributed by atoms with Gasteiger partial charge in [-0.3, -0.25) is 0 Å². The molecule has 0 radical (unpaired) electrons. The first-order chi connectivity index (χ1) is 8.66. The standard InChI is InChI=1S/C16H23NO/c1-12-6-9-16(2,10-7-12)18-15-5-3-4-14-13(15)8-11-17-14/h3-5,12,17H,6-11H2,1-2H3. The van der Waals surface area contributed by atoms with Gasteiger partial charge in [-0.1, -0.05) is 13.0 Å². The van der Waals surface area contributed by atoms with Gasteiger partial charge in [0.15, 0.2) is 0 Å². The van der Waals surface area contributed by atoms with Crippen LogP contribution >= 0.6 is 0 Å². The van der Waals surface area contributed by atoms with Crippen molar-refractivity contribution in [1.29, 1.82) is 0 Å². The monoisotopic (exact) mass is 245 g/mol. The number of hydrogen-bond acceptors (Lipinski definition) is 2. The van der Waals surface area contributed by atoms with Crippen LogP contribution in [0.2, 0.25) is 0 Å². The van der Waals surface area contributed by atoms with Crippen LogP contribution in [0.4, 0.5) is 5.69 Å². The molecule has 2 aliphatic rings. The fourth-order valence-corrected chi connectivity index (χ4v) is 3.15. The van der Waals surface area contributed by atoms with Crippen LogP contribution in [0.5, 0.6) is 5.75 Å². The molecule has 1 fully saturated rings. The van der Waals surface area contributed by atoms with Crippen molar-refractivity contribution in [3.63, 3.8) is 0 Å². The van der Waals surface area contributed by atoms with Gasteiger partial charge in [-0.05, 0) is 57.1 Å². The van der Waals surface area contributed by atoms with Crippen molar-refractivity contribution in [2.75, 3.05) is 11.9 Å². The van der Waals surface area contributed by atoms with Crippen molar-refractivity contribution in [3.8, 4) is 5.75 Å². The summed E-state index contributed by atoms with van der Waals surface area (Å²) in [5.41, 5.74) is 2.68. The molecule has 0 amide bonds. The van der Waals surface area contributed by atoms with Crippen molar-refractivity contribution in [3.05, 3.63) is 23.8 Å². The summed E-state index contributed by atoms with van der Waals surface area (Å²) in [5, 5.41) is 3.42. The van der Waals surface area contributed by atoms with Crippen LogP contribution in [-0.2, 0) is 6.42 Å². The molecule has 1 heterocycles. The number of ether oxygens (including phenoxy) is 1. The Morgan fingerprint density at radius 2 is 2.06 bits per heavy atom. The molecule has 0 spiro atoms. The minimum absolute atomic E-state index is 0.0459. The highest BCUT2D eigenvalue weighted by Crippen LogP contribution is 2.38. The summed E-state index contributed by atoms with van der Waals surface area (Å²) in [6, 6.07) is 6.39. The van der Waals surface area contributed by atoms with Crippen LogP contribution in [0.1, 0.15) is 45.1 Å². The first-order valence-corrected chi connectivity index (χ1v) is 7.21. The van der Waals surface area contributed by atoms with Gasteiger partial charge in [-0.15, -0.1) is 0 Å². The number of nitrogens with one attached hydrogen (secondary N) is 1. The summed E-state index contributed by atoms with van der Waals surface area (Å²) in [7, 11) is 0. The van der Waals surface area contributed by atoms with E-state index in [9.17, 15) is 0 Å². The van der Waals surface area contributed by atoms with Gasteiger partial charge in [0.05, 0.1) is 0 Å². The smallest absolute Gasteiger partial charge is 0.125 e. The lowest BCUT2D eigenvalue weighted by atomic mass is 9.80. The lowest BCUT2D eigenvalue weighted by molar-refractivity contribution is 0.0347. The van der Waals surface area contributed by atoms with Gasteiger partial charge in [0.2, 0.25) is 0 Å². The molecule has 0 aromatic heterocycles. The molecule has 2 nitrogen and oxygen atoms in total. The van der Waals surface area contributed by atoms with Gasteiger partial charge in [0, 0.05) is 17.8 Å². The van der Waals surface area contributed by atoms with Crippen LogP contribution in [0, 0.1) is 5.92 Å². The molecule has 0 saturated heterocycles. The zero-order valence-corrected chi connectivity index (χ0v) is 11.5. The third-order valence-corrected chi connectivity index (χ3v) is 4.51. The van der Waals surface area contributed by atoms with E-state index in [1.165, 1.54) is 36.9 Å². The molecule has 1 saturated carbocycles. The summed E-state index contributed by atoms with van der Waals surface area (Å²) in [6.07, 6.45) is 6.06. The van der Waals surface area contributed by atoms with Gasteiger partial charge >= 0.3 is 0 Å². The van der Waals surface area contributed by atoms with E-state index in [-0.39, 0.29) is 5.60 Å². The summed E-state index contributed by atoms with van der Waals surface area (Å²) >= 11 is 0. The minimum atomic E-state index is 0.0459. The maximum absolute atomic E-state index is 6.39. The number of anilines is 1. The summed E-state index contributed by atoms with van der Waals surface area (Å²) in [4.78, 5) is 0. The molecule has 2 heteroatoms. The molecule has 1 aromatic rings. The van der Waals surface area contributed by atoms with E-state index in [1.807, 2.05) is 0 Å². The third kappa shape index (κ3) is 2.21. The highest BCUT2D eigenvalue weighted by molar-refractivity contribution is 5.61. The Morgan fingerprint density at radius 3 is 2.83 bits per heavy atom. The first-order valence-electron chi connectivity index (χ1n) is 7.21. The highest BCUT2D eigenvalue weighted by Gasteiger charge is 2.32. The first kappa shape index (κ1) is 11.9.